The number of nitrogens with one attached hydrogen (secondary N) is 1. The Morgan fingerprint density at radius 3 is 2.67 bits per heavy atom. The van der Waals surface area contributed by atoms with Gasteiger partial charge in [0.1, 0.15) is 0 Å². The minimum atomic E-state index is -0.743. The smallest absolute Gasteiger partial charge is 0.338 e. The molecule has 8 nitrogen and oxygen atoms in total. The van der Waals surface area contributed by atoms with Gasteiger partial charge in [-0.25, -0.2) is 9.79 Å². The maximum atomic E-state index is 14.3. The Morgan fingerprint density at radius 2 is 1.88 bits per heavy atom. The molecule has 43 heavy (non-hydrogen) atoms. The molecular weight excluding hydrogens is 562 g/mol. The zero-order chi connectivity index (χ0) is 29.8. The van der Waals surface area contributed by atoms with Crippen molar-refractivity contribution in [1.29, 1.82) is 0 Å². The molecule has 1 N–H and O–H groups in total. The molecule has 0 saturated heterocycles. The molecule has 9 heteroatoms. The summed E-state index contributed by atoms with van der Waals surface area (Å²) in [7, 11) is 0. The van der Waals surface area contributed by atoms with E-state index in [1.165, 1.54) is 11.3 Å². The summed E-state index contributed by atoms with van der Waals surface area (Å²) in [5, 5.41) is 1.04. The van der Waals surface area contributed by atoms with E-state index in [1.807, 2.05) is 36.4 Å². The van der Waals surface area contributed by atoms with Crippen LogP contribution >= 0.6 is 11.3 Å². The van der Waals surface area contributed by atoms with E-state index in [-0.39, 0.29) is 19.0 Å². The lowest BCUT2D eigenvalue weighted by atomic mass is 9.95. The highest BCUT2D eigenvalue weighted by molar-refractivity contribution is 7.07. The third-order valence-electron chi connectivity index (χ3n) is 7.86. The largest absolute Gasteiger partial charge is 0.463 e. The molecule has 0 amide bonds. The van der Waals surface area contributed by atoms with Crippen molar-refractivity contribution < 1.29 is 19.0 Å². The number of rotatable bonds is 5. The van der Waals surface area contributed by atoms with Crippen LogP contribution in [-0.2, 0) is 9.53 Å². The summed E-state index contributed by atoms with van der Waals surface area (Å²) >= 11 is 1.31. The van der Waals surface area contributed by atoms with Crippen LogP contribution in [0.2, 0.25) is 0 Å². The normalized spacial score (nSPS) is 16.0. The van der Waals surface area contributed by atoms with Crippen LogP contribution in [0, 0.1) is 13.8 Å². The van der Waals surface area contributed by atoms with Gasteiger partial charge in [0.15, 0.2) is 16.3 Å². The number of aromatic amines is 1. The van der Waals surface area contributed by atoms with E-state index in [2.05, 4.69) is 43.1 Å². The van der Waals surface area contributed by atoms with Crippen LogP contribution in [0.5, 0.6) is 11.5 Å². The number of benzene rings is 3. The van der Waals surface area contributed by atoms with Crippen LogP contribution in [0.15, 0.2) is 81.7 Å². The van der Waals surface area contributed by atoms with Gasteiger partial charge in [-0.15, -0.1) is 0 Å². The van der Waals surface area contributed by atoms with Gasteiger partial charge in [-0.2, -0.15) is 0 Å². The van der Waals surface area contributed by atoms with Crippen LogP contribution < -0.4 is 24.4 Å². The second-order valence-electron chi connectivity index (χ2n) is 10.7. The number of fused-ring (bicyclic) bond motifs is 3. The fourth-order valence-electron chi connectivity index (χ4n) is 5.98. The highest BCUT2D eigenvalue weighted by atomic mass is 32.1. The van der Waals surface area contributed by atoms with E-state index in [4.69, 9.17) is 19.2 Å². The molecule has 216 valence electrons. The van der Waals surface area contributed by atoms with Crippen molar-refractivity contribution in [2.45, 2.75) is 33.7 Å². The number of aryl methyl sites for hydroxylation is 2. The number of hydrogen-bond acceptors (Lipinski definition) is 7. The molecule has 1 atom stereocenters. The summed E-state index contributed by atoms with van der Waals surface area (Å²) in [4.78, 5) is 36.5. The van der Waals surface area contributed by atoms with Crippen molar-refractivity contribution in [3.63, 3.8) is 0 Å². The fourth-order valence-corrected chi connectivity index (χ4v) is 7.00. The predicted molar refractivity (Wildman–Crippen MR) is 166 cm³/mol. The maximum absolute atomic E-state index is 14.3. The van der Waals surface area contributed by atoms with Gasteiger partial charge in [0.25, 0.3) is 5.56 Å². The van der Waals surface area contributed by atoms with Crippen LogP contribution in [0.1, 0.15) is 42.1 Å². The van der Waals surface area contributed by atoms with Gasteiger partial charge in [-0.1, -0.05) is 59.4 Å². The average molecular weight is 592 g/mol. The fraction of sp³-hybridized carbons (Fsp3) is 0.206. The summed E-state index contributed by atoms with van der Waals surface area (Å²) in [6, 6.07) is 19.1. The maximum Gasteiger partial charge on any atom is 0.338 e. The molecule has 0 unspecified atom stereocenters. The molecule has 2 aromatic heterocycles. The number of allylic oxidation sites excluding steroid dienone is 1. The minimum Gasteiger partial charge on any atom is -0.463 e. The molecule has 2 aliphatic heterocycles. The third-order valence-corrected chi connectivity index (χ3v) is 8.84. The molecule has 7 rings (SSSR count). The lowest BCUT2D eigenvalue weighted by Crippen LogP contribution is -2.39. The zero-order valence-corrected chi connectivity index (χ0v) is 25.0. The number of thiazole rings is 1. The summed E-state index contributed by atoms with van der Waals surface area (Å²) in [5.74, 6) is 0.678. The Bertz CT molecular complexity index is 2150. The third kappa shape index (κ3) is 4.47. The second kappa shape index (κ2) is 10.4. The van der Waals surface area contributed by atoms with E-state index in [0.717, 1.165) is 38.9 Å². The van der Waals surface area contributed by atoms with Gasteiger partial charge in [0.2, 0.25) is 6.79 Å². The number of ether oxygens (including phenoxy) is 3. The summed E-state index contributed by atoms with van der Waals surface area (Å²) < 4.78 is 18.7. The first-order valence-corrected chi connectivity index (χ1v) is 14.9. The van der Waals surface area contributed by atoms with Gasteiger partial charge in [0, 0.05) is 16.5 Å². The zero-order valence-electron chi connectivity index (χ0n) is 24.2. The monoisotopic (exact) mass is 591 g/mol. The highest BCUT2D eigenvalue weighted by Crippen LogP contribution is 2.38. The highest BCUT2D eigenvalue weighted by Gasteiger charge is 2.34. The molecule has 0 bridgehead atoms. The Balaban J connectivity index is 1.48. The molecule has 2 aliphatic rings. The Labute approximate surface area is 251 Å². The van der Waals surface area contributed by atoms with E-state index < -0.39 is 12.0 Å². The van der Waals surface area contributed by atoms with E-state index in [9.17, 15) is 9.59 Å². The molecule has 0 spiro atoms. The van der Waals surface area contributed by atoms with Gasteiger partial charge in [0.05, 0.1) is 34.1 Å². The average Bonchev–Trinajstić information content (AvgIpc) is 3.69. The van der Waals surface area contributed by atoms with E-state index in [0.29, 0.717) is 37.7 Å². The van der Waals surface area contributed by atoms with Gasteiger partial charge < -0.3 is 19.2 Å². The van der Waals surface area contributed by atoms with E-state index in [1.54, 1.807) is 24.5 Å². The van der Waals surface area contributed by atoms with Gasteiger partial charge in [-0.3, -0.25) is 9.36 Å². The van der Waals surface area contributed by atoms with Crippen LogP contribution in [0.25, 0.3) is 28.2 Å². The number of hydrogen-bond donors (Lipinski definition) is 1. The lowest BCUT2D eigenvalue weighted by Gasteiger charge is -2.24. The van der Waals surface area contributed by atoms with Crippen molar-refractivity contribution >= 4 is 34.3 Å². The molecular formula is C34H29N3O5S. The Morgan fingerprint density at radius 1 is 1.09 bits per heavy atom. The van der Waals surface area contributed by atoms with Crippen molar-refractivity contribution in [3.8, 4) is 22.8 Å². The molecule has 5 aromatic rings. The molecule has 0 radical (unpaired) electrons. The van der Waals surface area contributed by atoms with Gasteiger partial charge in [-0.05, 0) is 68.7 Å². The van der Waals surface area contributed by atoms with Crippen molar-refractivity contribution in [2.24, 2.45) is 4.99 Å². The summed E-state index contributed by atoms with van der Waals surface area (Å²) in [6.07, 6.45) is 1.95. The number of carbonyl (C=O) groups excluding carboxylic acids is 1. The second-order valence-corrected chi connectivity index (χ2v) is 11.7. The van der Waals surface area contributed by atoms with Crippen LogP contribution in [0.4, 0.5) is 0 Å². The number of carbonyl (C=O) groups is 1. The first-order chi connectivity index (χ1) is 20.8. The Hall–Kier alpha value is -4.89. The van der Waals surface area contributed by atoms with Crippen LogP contribution in [0.3, 0.4) is 0 Å². The lowest BCUT2D eigenvalue weighted by molar-refractivity contribution is -0.139. The number of nitrogens with zero attached hydrogens (tertiary/aromatic N) is 2. The number of esters is 1. The Kier molecular flexibility index (Phi) is 6.54. The number of aromatic nitrogens is 2. The van der Waals surface area contributed by atoms with Crippen molar-refractivity contribution in [2.75, 3.05) is 13.4 Å². The van der Waals surface area contributed by atoms with Crippen molar-refractivity contribution in [1.82, 2.24) is 9.55 Å². The summed E-state index contributed by atoms with van der Waals surface area (Å²) in [6.45, 7) is 8.02. The molecule has 0 saturated carbocycles. The van der Waals surface area contributed by atoms with Crippen molar-refractivity contribution in [3.05, 3.63) is 114 Å². The van der Waals surface area contributed by atoms with Crippen LogP contribution in [-0.4, -0.2) is 28.9 Å². The molecule has 3 aromatic carbocycles. The quantitative estimate of drug-likeness (QED) is 0.280. The van der Waals surface area contributed by atoms with E-state index >= 15 is 0 Å². The SMILES string of the molecule is CCOC(=O)C1=C(C)N=c2s/c(=C/c3c(-c4ccccc4)[nH]c4c(C)cc(C)cc34)c(=O)n2[C@H]1c1ccc2c(c1)OCO2. The number of H-pyrrole nitrogens is 1. The first-order valence-electron chi connectivity index (χ1n) is 14.1. The topological polar surface area (TPSA) is 94.9 Å². The molecule has 0 aliphatic carbocycles. The molecule has 4 heterocycles. The standard InChI is InChI=1S/C34H29N3O5S/c1-5-40-33(39)28-20(4)35-34-37(31(28)22-11-12-25-26(15-22)42-17-41-25)32(38)27(43-34)16-24-23-14-18(2)13-19(3)29(23)36-30(24)21-9-7-6-8-10-21/h6-16,31,36H,5,17H2,1-4H3/b27-16+/t31-/m0/s1. The van der Waals surface area contributed by atoms with Gasteiger partial charge >= 0.3 is 5.97 Å². The first kappa shape index (κ1) is 27.0. The minimum absolute atomic E-state index is 0.120. The summed E-state index contributed by atoms with van der Waals surface area (Å²) in [5.41, 5.74) is 7.49. The molecule has 0 fully saturated rings. The predicted octanol–water partition coefficient (Wildman–Crippen LogP) is 5.29.